The number of carbonyl (C=O) groups is 1. The SMILES string of the molecule is CCN(CC)CCOC(=O)C(C)(C)SCN1CCOCC1. The van der Waals surface area contributed by atoms with Crippen molar-refractivity contribution >= 4 is 17.7 Å². The molecule has 5 nitrogen and oxygen atoms in total. The van der Waals surface area contributed by atoms with Gasteiger partial charge in [-0.2, -0.15) is 0 Å². The first-order chi connectivity index (χ1) is 9.99. The highest BCUT2D eigenvalue weighted by Crippen LogP contribution is 2.26. The number of likely N-dealkylation sites (N-methyl/N-ethyl adjacent to an activating group) is 1. The maximum atomic E-state index is 12.2. The Bertz CT molecular complexity index is 303. The molecule has 0 unspecified atom stereocenters. The van der Waals surface area contributed by atoms with Gasteiger partial charge in [0.2, 0.25) is 0 Å². The van der Waals surface area contributed by atoms with Crippen LogP contribution < -0.4 is 0 Å². The van der Waals surface area contributed by atoms with E-state index in [1.807, 2.05) is 13.8 Å². The Morgan fingerprint density at radius 2 is 1.90 bits per heavy atom. The van der Waals surface area contributed by atoms with Crippen molar-refractivity contribution < 1.29 is 14.3 Å². The topological polar surface area (TPSA) is 42.0 Å². The molecule has 21 heavy (non-hydrogen) atoms. The molecule has 0 aliphatic carbocycles. The van der Waals surface area contributed by atoms with E-state index in [2.05, 4.69) is 23.6 Å². The smallest absolute Gasteiger partial charge is 0.321 e. The Morgan fingerprint density at radius 1 is 1.29 bits per heavy atom. The molecule has 0 aromatic rings. The van der Waals surface area contributed by atoms with E-state index in [1.54, 1.807) is 11.8 Å². The fourth-order valence-electron chi connectivity index (χ4n) is 2.02. The summed E-state index contributed by atoms with van der Waals surface area (Å²) in [4.78, 5) is 16.8. The molecule has 0 radical (unpaired) electrons. The number of ether oxygens (including phenoxy) is 2. The minimum absolute atomic E-state index is 0.118. The summed E-state index contributed by atoms with van der Waals surface area (Å²) in [6.07, 6.45) is 0. The number of hydrogen-bond acceptors (Lipinski definition) is 6. The van der Waals surface area contributed by atoms with E-state index >= 15 is 0 Å². The Hall–Kier alpha value is -0.300. The van der Waals surface area contributed by atoms with Crippen molar-refractivity contribution in [1.82, 2.24) is 9.80 Å². The quantitative estimate of drug-likeness (QED) is 0.603. The minimum atomic E-state index is -0.498. The number of carbonyl (C=O) groups excluding carboxylic acids is 1. The van der Waals surface area contributed by atoms with Crippen molar-refractivity contribution in [2.24, 2.45) is 0 Å². The second kappa shape index (κ2) is 9.66. The van der Waals surface area contributed by atoms with Crippen LogP contribution in [0.25, 0.3) is 0 Å². The van der Waals surface area contributed by atoms with Crippen LogP contribution in [0.5, 0.6) is 0 Å². The van der Waals surface area contributed by atoms with Crippen molar-refractivity contribution in [1.29, 1.82) is 0 Å². The third kappa shape index (κ3) is 7.00. The Kier molecular flexibility index (Phi) is 8.63. The third-order valence-corrected chi connectivity index (χ3v) is 5.12. The molecule has 124 valence electrons. The summed E-state index contributed by atoms with van der Waals surface area (Å²) < 4.78 is 10.3. The predicted octanol–water partition coefficient (Wildman–Crippen LogP) is 1.67. The molecule has 0 N–H and O–H groups in total. The van der Waals surface area contributed by atoms with Gasteiger partial charge in [0.05, 0.1) is 13.2 Å². The van der Waals surface area contributed by atoms with E-state index in [0.717, 1.165) is 51.8 Å². The van der Waals surface area contributed by atoms with E-state index < -0.39 is 4.75 Å². The summed E-state index contributed by atoms with van der Waals surface area (Å²) in [6.45, 7) is 14.8. The number of thioether (sulfide) groups is 1. The van der Waals surface area contributed by atoms with E-state index in [9.17, 15) is 4.79 Å². The van der Waals surface area contributed by atoms with Crippen LogP contribution in [0.1, 0.15) is 27.7 Å². The first kappa shape index (κ1) is 18.7. The molecule has 1 heterocycles. The van der Waals surface area contributed by atoms with E-state index in [1.165, 1.54) is 0 Å². The van der Waals surface area contributed by atoms with Crippen LogP contribution in [-0.4, -0.2) is 78.9 Å². The number of nitrogens with zero attached hydrogens (tertiary/aromatic N) is 2. The Balaban J connectivity index is 2.26. The van der Waals surface area contributed by atoms with Gasteiger partial charge in [-0.05, 0) is 26.9 Å². The maximum Gasteiger partial charge on any atom is 0.321 e. The fraction of sp³-hybridized carbons (Fsp3) is 0.933. The maximum absolute atomic E-state index is 12.2. The lowest BCUT2D eigenvalue weighted by atomic mass is 10.2. The van der Waals surface area contributed by atoms with Crippen LogP contribution in [0.15, 0.2) is 0 Å². The highest BCUT2D eigenvalue weighted by atomic mass is 32.2. The monoisotopic (exact) mass is 318 g/mol. The zero-order valence-electron chi connectivity index (χ0n) is 13.9. The largest absolute Gasteiger partial charge is 0.463 e. The van der Waals surface area contributed by atoms with Crippen LogP contribution in [0, 0.1) is 0 Å². The van der Waals surface area contributed by atoms with Crippen LogP contribution >= 0.6 is 11.8 Å². The lowest BCUT2D eigenvalue weighted by Gasteiger charge is -2.30. The molecule has 0 aromatic heterocycles. The molecule has 1 aliphatic rings. The first-order valence-electron chi connectivity index (χ1n) is 7.83. The van der Waals surface area contributed by atoms with Crippen LogP contribution in [0.3, 0.4) is 0 Å². The van der Waals surface area contributed by atoms with Gasteiger partial charge in [0.15, 0.2) is 0 Å². The summed E-state index contributed by atoms with van der Waals surface area (Å²) in [7, 11) is 0. The molecule has 1 aliphatic heterocycles. The Morgan fingerprint density at radius 3 is 2.48 bits per heavy atom. The van der Waals surface area contributed by atoms with Gasteiger partial charge in [-0.1, -0.05) is 13.8 Å². The molecule has 1 fully saturated rings. The Labute approximate surface area is 133 Å². The van der Waals surface area contributed by atoms with E-state index in [0.29, 0.717) is 6.61 Å². The van der Waals surface area contributed by atoms with Crippen molar-refractivity contribution in [2.45, 2.75) is 32.4 Å². The average Bonchev–Trinajstić information content (AvgIpc) is 2.50. The summed E-state index contributed by atoms with van der Waals surface area (Å²) in [5.74, 6) is 0.731. The molecule has 0 amide bonds. The van der Waals surface area contributed by atoms with Gasteiger partial charge in [0.25, 0.3) is 0 Å². The van der Waals surface area contributed by atoms with Crippen molar-refractivity contribution in [3.8, 4) is 0 Å². The molecular formula is C15H30N2O3S. The van der Waals surface area contributed by atoms with Gasteiger partial charge < -0.3 is 14.4 Å². The van der Waals surface area contributed by atoms with E-state index in [4.69, 9.17) is 9.47 Å². The molecule has 0 spiro atoms. The molecule has 6 heteroatoms. The van der Waals surface area contributed by atoms with Gasteiger partial charge in [-0.3, -0.25) is 9.69 Å². The second-order valence-corrected chi connectivity index (χ2v) is 7.24. The van der Waals surface area contributed by atoms with Crippen LogP contribution in [0.4, 0.5) is 0 Å². The lowest BCUT2D eigenvalue weighted by Crippen LogP contribution is -2.39. The van der Waals surface area contributed by atoms with Crippen LogP contribution in [0.2, 0.25) is 0 Å². The van der Waals surface area contributed by atoms with Gasteiger partial charge >= 0.3 is 5.97 Å². The molecule has 1 rings (SSSR count). The number of rotatable bonds is 9. The zero-order valence-corrected chi connectivity index (χ0v) is 14.7. The van der Waals surface area contributed by atoms with Gasteiger partial charge in [-0.25, -0.2) is 0 Å². The summed E-state index contributed by atoms with van der Waals surface area (Å²) in [6, 6.07) is 0. The summed E-state index contributed by atoms with van der Waals surface area (Å²) >= 11 is 1.65. The van der Waals surface area contributed by atoms with Gasteiger partial charge in [0.1, 0.15) is 11.4 Å². The molecule has 0 saturated carbocycles. The standard InChI is InChI=1S/C15H30N2O3S/c1-5-16(6-2)9-12-20-14(18)15(3,4)21-13-17-7-10-19-11-8-17/h5-13H2,1-4H3. The fourth-order valence-corrected chi connectivity index (χ4v) is 2.96. The predicted molar refractivity (Wildman–Crippen MR) is 87.7 cm³/mol. The number of morpholine rings is 1. The average molecular weight is 318 g/mol. The highest BCUT2D eigenvalue weighted by molar-refractivity contribution is 8.01. The summed E-state index contributed by atoms with van der Waals surface area (Å²) in [5.41, 5.74) is 0. The lowest BCUT2D eigenvalue weighted by molar-refractivity contribution is -0.146. The minimum Gasteiger partial charge on any atom is -0.463 e. The van der Waals surface area contributed by atoms with Crippen molar-refractivity contribution in [3.05, 3.63) is 0 Å². The van der Waals surface area contributed by atoms with Crippen molar-refractivity contribution in [3.63, 3.8) is 0 Å². The van der Waals surface area contributed by atoms with Gasteiger partial charge in [-0.15, -0.1) is 11.8 Å². The number of hydrogen-bond donors (Lipinski definition) is 0. The molecule has 0 atom stereocenters. The van der Waals surface area contributed by atoms with Crippen LogP contribution in [-0.2, 0) is 14.3 Å². The van der Waals surface area contributed by atoms with Gasteiger partial charge in [0, 0.05) is 25.5 Å². The zero-order chi connectivity index (χ0) is 15.7. The normalized spacial score (nSPS) is 17.2. The second-order valence-electron chi connectivity index (χ2n) is 5.68. The third-order valence-electron chi connectivity index (χ3n) is 3.74. The molecule has 0 aromatic carbocycles. The summed E-state index contributed by atoms with van der Waals surface area (Å²) in [5, 5.41) is 0. The van der Waals surface area contributed by atoms with Crippen molar-refractivity contribution in [2.75, 3.05) is 58.4 Å². The molecule has 0 bridgehead atoms. The van der Waals surface area contributed by atoms with E-state index in [-0.39, 0.29) is 5.97 Å². The first-order valence-corrected chi connectivity index (χ1v) is 8.81. The molecular weight excluding hydrogens is 288 g/mol. The molecule has 1 saturated heterocycles. The highest BCUT2D eigenvalue weighted by Gasteiger charge is 2.31. The number of esters is 1.